The number of carbonyl (C=O) groups excluding carboxylic acids is 1. The summed E-state index contributed by atoms with van der Waals surface area (Å²) in [6, 6.07) is 3.26. The van der Waals surface area contributed by atoms with Gasteiger partial charge in [0.25, 0.3) is 5.91 Å². The monoisotopic (exact) mass is 278 g/mol. The van der Waals surface area contributed by atoms with Gasteiger partial charge in [-0.1, -0.05) is 13.3 Å². The molecule has 1 aromatic rings. The third-order valence-electron chi connectivity index (χ3n) is 4.02. The highest BCUT2D eigenvalue weighted by molar-refractivity contribution is 5.96. The van der Waals surface area contributed by atoms with Gasteiger partial charge in [0, 0.05) is 18.3 Å². The molecule has 2 N–H and O–H groups in total. The smallest absolute Gasteiger partial charge is 0.257 e. The van der Waals surface area contributed by atoms with Crippen molar-refractivity contribution in [3.63, 3.8) is 0 Å². The minimum atomic E-state index is -0.440. The summed E-state index contributed by atoms with van der Waals surface area (Å²) in [4.78, 5) is 14.5. The fraction of sp³-hybridized carbons (Fsp3) is 0.562. The summed E-state index contributed by atoms with van der Waals surface area (Å²) >= 11 is 0. The first kappa shape index (κ1) is 14.8. The number of halogens is 1. The summed E-state index contributed by atoms with van der Waals surface area (Å²) in [5, 5.41) is 0. The number of nitrogens with zero attached hydrogens (tertiary/aromatic N) is 1. The molecule has 2 rings (SSSR count). The zero-order valence-electron chi connectivity index (χ0n) is 12.3. The molecule has 1 saturated heterocycles. The standard InChI is InChI=1S/C16H23FN2O/c1-3-6-13-7-4-5-8-19(13)16(20)14-10-12(18)9-11(2)15(14)17/h9-10,13H,3-8,18H2,1-2H3. The predicted octanol–water partition coefficient (Wildman–Crippen LogP) is 3.51. The van der Waals surface area contributed by atoms with Gasteiger partial charge in [0.05, 0.1) is 5.56 Å². The number of nitrogens with two attached hydrogens (primary N) is 1. The number of rotatable bonds is 3. The van der Waals surface area contributed by atoms with Crippen LogP contribution in [0.25, 0.3) is 0 Å². The molecule has 1 heterocycles. The van der Waals surface area contributed by atoms with Gasteiger partial charge in [0.2, 0.25) is 0 Å². The van der Waals surface area contributed by atoms with E-state index < -0.39 is 5.82 Å². The van der Waals surface area contributed by atoms with E-state index in [1.54, 1.807) is 13.0 Å². The van der Waals surface area contributed by atoms with Gasteiger partial charge in [-0.25, -0.2) is 4.39 Å². The molecular formula is C16H23FN2O. The minimum absolute atomic E-state index is 0.116. The van der Waals surface area contributed by atoms with E-state index in [1.165, 1.54) is 6.07 Å². The molecule has 0 bridgehead atoms. The van der Waals surface area contributed by atoms with E-state index >= 15 is 0 Å². The van der Waals surface area contributed by atoms with Crippen LogP contribution in [-0.4, -0.2) is 23.4 Å². The first-order valence-corrected chi connectivity index (χ1v) is 7.41. The summed E-state index contributed by atoms with van der Waals surface area (Å²) in [6.45, 7) is 4.47. The number of likely N-dealkylation sites (tertiary alicyclic amines) is 1. The van der Waals surface area contributed by atoms with Gasteiger partial charge >= 0.3 is 0 Å². The van der Waals surface area contributed by atoms with E-state index in [4.69, 9.17) is 5.73 Å². The van der Waals surface area contributed by atoms with Gasteiger partial charge in [0.15, 0.2) is 0 Å². The summed E-state index contributed by atoms with van der Waals surface area (Å²) < 4.78 is 14.2. The fourth-order valence-corrected chi connectivity index (χ4v) is 3.01. The normalized spacial score (nSPS) is 19.1. The van der Waals surface area contributed by atoms with E-state index in [2.05, 4.69) is 6.92 Å². The minimum Gasteiger partial charge on any atom is -0.399 e. The van der Waals surface area contributed by atoms with Gasteiger partial charge < -0.3 is 10.6 Å². The molecule has 1 amide bonds. The van der Waals surface area contributed by atoms with Crippen molar-refractivity contribution < 1.29 is 9.18 Å². The van der Waals surface area contributed by atoms with Crippen molar-refractivity contribution in [1.82, 2.24) is 4.90 Å². The predicted molar refractivity (Wildman–Crippen MR) is 79.1 cm³/mol. The van der Waals surface area contributed by atoms with Crippen molar-refractivity contribution in [3.8, 4) is 0 Å². The average molecular weight is 278 g/mol. The number of hydrogen-bond donors (Lipinski definition) is 1. The van der Waals surface area contributed by atoms with Crippen molar-refractivity contribution in [3.05, 3.63) is 29.1 Å². The molecule has 1 aliphatic rings. The Morgan fingerprint density at radius 1 is 1.45 bits per heavy atom. The number of aryl methyl sites for hydroxylation is 1. The first-order valence-electron chi connectivity index (χ1n) is 7.41. The van der Waals surface area contributed by atoms with Crippen LogP contribution in [0.4, 0.5) is 10.1 Å². The molecule has 1 unspecified atom stereocenters. The highest BCUT2D eigenvalue weighted by atomic mass is 19.1. The number of amides is 1. The van der Waals surface area contributed by atoms with E-state index in [0.29, 0.717) is 11.3 Å². The molecule has 3 nitrogen and oxygen atoms in total. The molecule has 1 aliphatic heterocycles. The molecule has 1 aromatic carbocycles. The van der Waals surface area contributed by atoms with Gasteiger partial charge in [-0.05, 0) is 50.3 Å². The lowest BCUT2D eigenvalue weighted by Gasteiger charge is -2.36. The van der Waals surface area contributed by atoms with Crippen LogP contribution < -0.4 is 5.73 Å². The van der Waals surface area contributed by atoms with Gasteiger partial charge in [-0.15, -0.1) is 0 Å². The summed E-state index contributed by atoms with van der Waals surface area (Å²) in [5.74, 6) is -0.652. The lowest BCUT2D eigenvalue weighted by molar-refractivity contribution is 0.0596. The lowest BCUT2D eigenvalue weighted by atomic mass is 9.96. The van der Waals surface area contributed by atoms with E-state index in [-0.39, 0.29) is 17.5 Å². The van der Waals surface area contributed by atoms with Gasteiger partial charge in [-0.3, -0.25) is 4.79 Å². The Morgan fingerprint density at radius 2 is 2.20 bits per heavy atom. The molecular weight excluding hydrogens is 255 g/mol. The third kappa shape index (κ3) is 2.94. The summed E-state index contributed by atoms with van der Waals surface area (Å²) in [6.07, 6.45) is 5.17. The van der Waals surface area contributed by atoms with Crippen molar-refractivity contribution >= 4 is 11.6 Å². The van der Waals surface area contributed by atoms with Crippen LogP contribution in [0.5, 0.6) is 0 Å². The zero-order valence-corrected chi connectivity index (χ0v) is 12.3. The molecule has 1 fully saturated rings. The number of piperidine rings is 1. The average Bonchev–Trinajstić information content (AvgIpc) is 2.43. The van der Waals surface area contributed by atoms with E-state index in [0.717, 1.165) is 38.6 Å². The number of carbonyl (C=O) groups is 1. The Morgan fingerprint density at radius 3 is 2.90 bits per heavy atom. The van der Waals surface area contributed by atoms with E-state index in [9.17, 15) is 9.18 Å². The van der Waals surface area contributed by atoms with Crippen molar-refractivity contribution in [2.45, 2.75) is 52.0 Å². The molecule has 4 heteroatoms. The second-order valence-electron chi connectivity index (χ2n) is 5.64. The lowest BCUT2D eigenvalue weighted by Crippen LogP contribution is -2.44. The Bertz CT molecular complexity index is 499. The van der Waals surface area contributed by atoms with Crippen molar-refractivity contribution in [2.75, 3.05) is 12.3 Å². The Hall–Kier alpha value is -1.58. The van der Waals surface area contributed by atoms with Crippen LogP contribution in [0.2, 0.25) is 0 Å². The Labute approximate surface area is 120 Å². The highest BCUT2D eigenvalue weighted by Gasteiger charge is 2.28. The highest BCUT2D eigenvalue weighted by Crippen LogP contribution is 2.25. The second-order valence-corrected chi connectivity index (χ2v) is 5.64. The topological polar surface area (TPSA) is 46.3 Å². The molecule has 0 radical (unpaired) electrons. The van der Waals surface area contributed by atoms with Crippen molar-refractivity contribution in [1.29, 1.82) is 0 Å². The maximum Gasteiger partial charge on any atom is 0.257 e. The van der Waals surface area contributed by atoms with Gasteiger partial charge in [-0.2, -0.15) is 0 Å². The Balaban J connectivity index is 2.29. The molecule has 1 atom stereocenters. The molecule has 110 valence electrons. The van der Waals surface area contributed by atoms with Gasteiger partial charge in [0.1, 0.15) is 5.82 Å². The number of nitrogen functional groups attached to an aromatic ring is 1. The largest absolute Gasteiger partial charge is 0.399 e. The summed E-state index contributed by atoms with van der Waals surface area (Å²) in [7, 11) is 0. The first-order chi connectivity index (χ1) is 9.54. The van der Waals surface area contributed by atoms with Crippen LogP contribution in [-0.2, 0) is 0 Å². The second kappa shape index (κ2) is 6.25. The molecule has 0 spiro atoms. The number of hydrogen-bond acceptors (Lipinski definition) is 2. The Kier molecular flexibility index (Phi) is 4.63. The number of anilines is 1. The molecule has 0 saturated carbocycles. The third-order valence-corrected chi connectivity index (χ3v) is 4.02. The molecule has 0 aliphatic carbocycles. The summed E-state index contributed by atoms with van der Waals surface area (Å²) in [5.41, 5.74) is 6.74. The van der Waals surface area contributed by atoms with Crippen LogP contribution in [0.15, 0.2) is 12.1 Å². The molecule has 0 aromatic heterocycles. The maximum absolute atomic E-state index is 14.2. The maximum atomic E-state index is 14.2. The SMILES string of the molecule is CCCC1CCCCN1C(=O)c1cc(N)cc(C)c1F. The van der Waals surface area contributed by atoms with Crippen LogP contribution >= 0.6 is 0 Å². The van der Waals surface area contributed by atoms with Crippen LogP contribution in [0.1, 0.15) is 54.9 Å². The van der Waals surface area contributed by atoms with Crippen LogP contribution in [0, 0.1) is 12.7 Å². The molecule has 20 heavy (non-hydrogen) atoms. The van der Waals surface area contributed by atoms with Crippen molar-refractivity contribution in [2.24, 2.45) is 0 Å². The quantitative estimate of drug-likeness (QED) is 0.860. The number of benzene rings is 1. The van der Waals surface area contributed by atoms with E-state index in [1.807, 2.05) is 4.90 Å². The van der Waals surface area contributed by atoms with Crippen LogP contribution in [0.3, 0.4) is 0 Å². The fourth-order valence-electron chi connectivity index (χ4n) is 3.01. The zero-order chi connectivity index (χ0) is 14.7.